The van der Waals surface area contributed by atoms with Gasteiger partial charge in [-0.25, -0.2) is 4.98 Å². The van der Waals surface area contributed by atoms with Crippen LogP contribution in [0, 0.1) is 5.92 Å². The van der Waals surface area contributed by atoms with E-state index in [4.69, 9.17) is 10.5 Å². The molecule has 1 saturated heterocycles. The number of para-hydroxylation sites is 1. The van der Waals surface area contributed by atoms with Gasteiger partial charge in [-0.05, 0) is 55.1 Å². The molecule has 5 rings (SSSR count). The molecule has 0 N–H and O–H groups in total. The van der Waals surface area contributed by atoms with Gasteiger partial charge < -0.3 is 14.0 Å². The Balaban J connectivity index is 1.53. The maximum atomic E-state index is 13.3. The number of fused-ring (bicyclic) bond motifs is 2. The second-order valence-electron chi connectivity index (χ2n) is 8.94. The number of carbonyl (C=O) groups excluding carboxylic acids is 1. The van der Waals surface area contributed by atoms with E-state index in [2.05, 4.69) is 57.3 Å². The van der Waals surface area contributed by atoms with Crippen LogP contribution < -0.4 is 0 Å². The summed E-state index contributed by atoms with van der Waals surface area (Å²) in [4.78, 5) is 23.0. The molecule has 1 fully saturated rings. The van der Waals surface area contributed by atoms with Gasteiger partial charge in [-0.3, -0.25) is 4.79 Å². The SMILES string of the molecule is CCn1c(-c2nc3cc(C(=O)N4CC(C)CC(N=[N+]=[N-])C4)ccc3n2C)cc2ccccc21. The largest absolute Gasteiger partial charge is 0.338 e. The summed E-state index contributed by atoms with van der Waals surface area (Å²) in [7, 11) is 2.01. The molecule has 0 aliphatic carbocycles. The minimum Gasteiger partial charge on any atom is -0.338 e. The van der Waals surface area contributed by atoms with E-state index in [1.54, 1.807) is 4.90 Å². The van der Waals surface area contributed by atoms with Crippen molar-refractivity contribution in [3.8, 4) is 11.5 Å². The lowest BCUT2D eigenvalue weighted by Gasteiger charge is -2.34. The Morgan fingerprint density at radius 1 is 1.18 bits per heavy atom. The van der Waals surface area contributed by atoms with Crippen molar-refractivity contribution in [2.75, 3.05) is 13.1 Å². The van der Waals surface area contributed by atoms with Crippen LogP contribution in [0.4, 0.5) is 0 Å². The molecule has 8 heteroatoms. The highest BCUT2D eigenvalue weighted by atomic mass is 16.2. The molecular formula is C25H27N7O. The first-order valence-corrected chi connectivity index (χ1v) is 11.4. The summed E-state index contributed by atoms with van der Waals surface area (Å²) in [5, 5.41) is 5.05. The standard InChI is InChI=1S/C25H27N7O/c1-4-32-21-8-6-5-7-17(21)13-23(32)24-27-20-12-18(9-10-22(20)30(24)3)25(33)31-14-16(2)11-19(15-31)28-29-26/h5-10,12-13,16,19H,4,11,14-15H2,1-3H3. The summed E-state index contributed by atoms with van der Waals surface area (Å²) >= 11 is 0. The zero-order valence-electron chi connectivity index (χ0n) is 19.1. The van der Waals surface area contributed by atoms with Gasteiger partial charge in [0.15, 0.2) is 5.82 Å². The molecule has 2 aromatic heterocycles. The van der Waals surface area contributed by atoms with Crippen LogP contribution >= 0.6 is 0 Å². The Morgan fingerprint density at radius 2 is 2.00 bits per heavy atom. The fraction of sp³-hybridized carbons (Fsp3) is 0.360. The number of benzene rings is 2. The Labute approximate surface area is 192 Å². The first-order chi connectivity index (χ1) is 16.0. The van der Waals surface area contributed by atoms with Crippen molar-refractivity contribution in [2.24, 2.45) is 18.1 Å². The van der Waals surface area contributed by atoms with Crippen molar-refractivity contribution < 1.29 is 4.79 Å². The smallest absolute Gasteiger partial charge is 0.253 e. The Hall–Kier alpha value is -3.77. The first kappa shape index (κ1) is 21.1. The summed E-state index contributed by atoms with van der Waals surface area (Å²) < 4.78 is 4.36. The van der Waals surface area contributed by atoms with Crippen LogP contribution in [0.3, 0.4) is 0 Å². The molecule has 1 amide bonds. The lowest BCUT2D eigenvalue weighted by atomic mass is 9.96. The zero-order chi connectivity index (χ0) is 23.1. The average molecular weight is 442 g/mol. The van der Waals surface area contributed by atoms with E-state index < -0.39 is 0 Å². The van der Waals surface area contributed by atoms with Crippen molar-refractivity contribution in [3.63, 3.8) is 0 Å². The predicted molar refractivity (Wildman–Crippen MR) is 130 cm³/mol. The number of hydrogen-bond acceptors (Lipinski definition) is 3. The predicted octanol–water partition coefficient (Wildman–Crippen LogP) is 5.38. The Morgan fingerprint density at radius 3 is 2.79 bits per heavy atom. The number of nitrogens with zero attached hydrogens (tertiary/aromatic N) is 7. The molecule has 33 heavy (non-hydrogen) atoms. The van der Waals surface area contributed by atoms with Gasteiger partial charge in [0.2, 0.25) is 0 Å². The number of piperidine rings is 1. The highest BCUT2D eigenvalue weighted by Gasteiger charge is 2.28. The van der Waals surface area contributed by atoms with E-state index in [9.17, 15) is 4.79 Å². The van der Waals surface area contributed by atoms with Gasteiger partial charge in [-0.1, -0.05) is 30.2 Å². The number of amides is 1. The lowest BCUT2D eigenvalue weighted by Crippen LogP contribution is -2.44. The van der Waals surface area contributed by atoms with E-state index in [-0.39, 0.29) is 11.9 Å². The van der Waals surface area contributed by atoms with Gasteiger partial charge in [-0.15, -0.1) is 0 Å². The van der Waals surface area contributed by atoms with Crippen molar-refractivity contribution in [3.05, 3.63) is 64.5 Å². The second-order valence-corrected chi connectivity index (χ2v) is 8.94. The van der Waals surface area contributed by atoms with Gasteiger partial charge in [0.1, 0.15) is 0 Å². The van der Waals surface area contributed by atoms with Gasteiger partial charge in [0.25, 0.3) is 5.91 Å². The number of likely N-dealkylation sites (tertiary alicyclic amines) is 1. The van der Waals surface area contributed by atoms with E-state index in [0.717, 1.165) is 35.5 Å². The van der Waals surface area contributed by atoms with E-state index in [1.807, 2.05) is 31.3 Å². The van der Waals surface area contributed by atoms with E-state index >= 15 is 0 Å². The normalized spacial score (nSPS) is 18.6. The molecule has 4 aromatic rings. The minimum absolute atomic E-state index is 0.0449. The molecule has 1 aliphatic rings. The summed E-state index contributed by atoms with van der Waals surface area (Å²) in [6.45, 7) is 6.18. The Bertz CT molecular complexity index is 1410. The third-order valence-electron chi connectivity index (χ3n) is 6.62. The number of imidazole rings is 1. The summed E-state index contributed by atoms with van der Waals surface area (Å²) in [5.74, 6) is 1.12. The molecule has 0 bridgehead atoms. The molecule has 0 radical (unpaired) electrons. The van der Waals surface area contributed by atoms with Crippen LogP contribution in [0.15, 0.2) is 53.6 Å². The Kier molecular flexibility index (Phi) is 5.30. The first-order valence-electron chi connectivity index (χ1n) is 11.4. The van der Waals surface area contributed by atoms with Crippen molar-refractivity contribution >= 4 is 27.8 Å². The topological polar surface area (TPSA) is 91.8 Å². The number of azide groups is 1. The summed E-state index contributed by atoms with van der Waals surface area (Å²) in [6.07, 6.45) is 0.807. The van der Waals surface area contributed by atoms with Gasteiger partial charge >= 0.3 is 0 Å². The van der Waals surface area contributed by atoms with Crippen molar-refractivity contribution in [2.45, 2.75) is 32.9 Å². The van der Waals surface area contributed by atoms with Crippen LogP contribution in [-0.2, 0) is 13.6 Å². The molecule has 0 spiro atoms. The maximum absolute atomic E-state index is 13.3. The fourth-order valence-corrected chi connectivity index (χ4v) is 5.12. The van der Waals surface area contributed by atoms with Crippen LogP contribution in [0.2, 0.25) is 0 Å². The van der Waals surface area contributed by atoms with Crippen LogP contribution in [-0.4, -0.2) is 44.1 Å². The number of rotatable bonds is 4. The van der Waals surface area contributed by atoms with Crippen LogP contribution in [0.5, 0.6) is 0 Å². The van der Waals surface area contributed by atoms with Gasteiger partial charge in [0.05, 0.1) is 22.8 Å². The molecule has 168 valence electrons. The van der Waals surface area contributed by atoms with Crippen molar-refractivity contribution in [1.29, 1.82) is 0 Å². The second kappa shape index (κ2) is 8.30. The van der Waals surface area contributed by atoms with Crippen LogP contribution in [0.1, 0.15) is 30.6 Å². The van der Waals surface area contributed by atoms with E-state index in [1.165, 1.54) is 10.9 Å². The fourth-order valence-electron chi connectivity index (χ4n) is 5.12. The molecule has 3 heterocycles. The number of hydrogen-bond donors (Lipinski definition) is 0. The maximum Gasteiger partial charge on any atom is 0.253 e. The lowest BCUT2D eigenvalue weighted by molar-refractivity contribution is 0.0661. The van der Waals surface area contributed by atoms with Crippen molar-refractivity contribution in [1.82, 2.24) is 19.0 Å². The van der Waals surface area contributed by atoms with Crippen LogP contribution in [0.25, 0.3) is 43.9 Å². The molecule has 0 saturated carbocycles. The molecule has 2 atom stereocenters. The molecule has 2 unspecified atom stereocenters. The molecular weight excluding hydrogens is 414 g/mol. The third kappa shape index (κ3) is 3.62. The van der Waals surface area contributed by atoms with Gasteiger partial charge in [0, 0.05) is 48.1 Å². The zero-order valence-corrected chi connectivity index (χ0v) is 19.1. The number of aryl methyl sites for hydroxylation is 2. The highest BCUT2D eigenvalue weighted by molar-refractivity contribution is 5.98. The number of carbonyl (C=O) groups is 1. The quantitative estimate of drug-likeness (QED) is 0.242. The highest BCUT2D eigenvalue weighted by Crippen LogP contribution is 2.30. The van der Waals surface area contributed by atoms with E-state index in [0.29, 0.717) is 24.6 Å². The monoisotopic (exact) mass is 441 g/mol. The third-order valence-corrected chi connectivity index (χ3v) is 6.62. The minimum atomic E-state index is -0.177. The number of aromatic nitrogens is 3. The molecule has 1 aliphatic heterocycles. The molecule has 2 aromatic carbocycles. The van der Waals surface area contributed by atoms with Gasteiger partial charge in [-0.2, -0.15) is 0 Å². The average Bonchev–Trinajstić information content (AvgIpc) is 3.35. The summed E-state index contributed by atoms with van der Waals surface area (Å²) in [5.41, 5.74) is 13.4. The molecule has 8 nitrogen and oxygen atoms in total. The summed E-state index contributed by atoms with van der Waals surface area (Å²) in [6, 6.07) is 16.1.